The van der Waals surface area contributed by atoms with Crippen LogP contribution in [-0.2, 0) is 13.0 Å². The van der Waals surface area contributed by atoms with Crippen molar-refractivity contribution in [3.05, 3.63) is 30.1 Å². The van der Waals surface area contributed by atoms with Gasteiger partial charge in [-0.3, -0.25) is 0 Å². The molecule has 0 saturated heterocycles. The Morgan fingerprint density at radius 2 is 2.29 bits per heavy atom. The van der Waals surface area contributed by atoms with Crippen molar-refractivity contribution >= 4 is 5.76 Å². The molecule has 0 aliphatic carbocycles. The first kappa shape index (κ1) is 10.8. The van der Waals surface area contributed by atoms with Gasteiger partial charge in [-0.25, -0.2) is 8.78 Å². The summed E-state index contributed by atoms with van der Waals surface area (Å²) in [5.41, 5.74) is 1.28. The molecule has 0 spiro atoms. The maximum Gasteiger partial charge on any atom is 0.256 e. The van der Waals surface area contributed by atoms with E-state index in [0.717, 1.165) is 5.69 Å². The molecule has 1 N–H and O–H groups in total. The number of halogens is 2. The van der Waals surface area contributed by atoms with Gasteiger partial charge in [0.2, 0.25) is 0 Å². The molecule has 0 aromatic carbocycles. The van der Waals surface area contributed by atoms with Crippen molar-refractivity contribution < 1.29 is 13.9 Å². The minimum absolute atomic E-state index is 0.0901. The lowest BCUT2D eigenvalue weighted by molar-refractivity contribution is 0.125. The Balaban J connectivity index is 2.96. The van der Waals surface area contributed by atoms with E-state index in [1.54, 1.807) is 6.07 Å². The van der Waals surface area contributed by atoms with E-state index in [0.29, 0.717) is 12.0 Å². The molecule has 0 radical (unpaired) electrons. The first-order valence-electron chi connectivity index (χ1n) is 4.40. The van der Waals surface area contributed by atoms with E-state index in [1.807, 2.05) is 6.92 Å². The summed E-state index contributed by atoms with van der Waals surface area (Å²) in [7, 11) is 0. The van der Waals surface area contributed by atoms with Crippen molar-refractivity contribution in [3.63, 3.8) is 0 Å². The van der Waals surface area contributed by atoms with Crippen LogP contribution >= 0.6 is 0 Å². The Kier molecular flexibility index (Phi) is 3.28. The van der Waals surface area contributed by atoms with Gasteiger partial charge in [0.25, 0.3) is 6.43 Å². The molecule has 0 atom stereocenters. The second-order valence-corrected chi connectivity index (χ2v) is 3.06. The molecule has 2 nitrogen and oxygen atoms in total. The van der Waals surface area contributed by atoms with Crippen molar-refractivity contribution in [3.8, 4) is 0 Å². The second kappa shape index (κ2) is 4.26. The molecule has 78 valence electrons. The molecule has 1 aromatic heterocycles. The zero-order chi connectivity index (χ0) is 10.7. The third-order valence-corrected chi connectivity index (χ3v) is 2.02. The topological polar surface area (TPSA) is 25.2 Å². The highest BCUT2D eigenvalue weighted by Gasteiger charge is 2.10. The molecule has 14 heavy (non-hydrogen) atoms. The average molecular weight is 201 g/mol. The van der Waals surface area contributed by atoms with Gasteiger partial charge in [-0.1, -0.05) is 13.5 Å². The van der Waals surface area contributed by atoms with E-state index in [1.165, 1.54) is 10.8 Å². The lowest BCUT2D eigenvalue weighted by atomic mass is 10.2. The van der Waals surface area contributed by atoms with E-state index < -0.39 is 6.43 Å². The Morgan fingerprint density at radius 3 is 2.71 bits per heavy atom. The van der Waals surface area contributed by atoms with Crippen molar-refractivity contribution in [2.45, 2.75) is 26.3 Å². The number of aryl methyl sites for hydroxylation is 1. The molecule has 0 unspecified atom stereocenters. The van der Waals surface area contributed by atoms with E-state index in [9.17, 15) is 8.78 Å². The minimum atomic E-state index is -2.38. The van der Waals surface area contributed by atoms with E-state index >= 15 is 0 Å². The molecular formula is C10H13F2NO. The highest BCUT2D eigenvalue weighted by Crippen LogP contribution is 2.16. The van der Waals surface area contributed by atoms with Crippen LogP contribution in [0.1, 0.15) is 18.2 Å². The zero-order valence-corrected chi connectivity index (χ0v) is 8.00. The van der Waals surface area contributed by atoms with Gasteiger partial charge in [-0.15, -0.1) is 0 Å². The number of nitrogens with zero attached hydrogens (tertiary/aromatic N) is 1. The monoisotopic (exact) mass is 201 g/mol. The molecule has 0 amide bonds. The molecule has 4 heteroatoms. The van der Waals surface area contributed by atoms with E-state index in [-0.39, 0.29) is 12.3 Å². The van der Waals surface area contributed by atoms with Crippen molar-refractivity contribution in [2.24, 2.45) is 0 Å². The van der Waals surface area contributed by atoms with Crippen LogP contribution in [-0.4, -0.2) is 16.1 Å². The van der Waals surface area contributed by atoms with Crippen LogP contribution in [0.5, 0.6) is 0 Å². The fraction of sp³-hybridized carbons (Fsp3) is 0.400. The highest BCUT2D eigenvalue weighted by atomic mass is 19.3. The number of aliphatic hydroxyl groups excluding tert-OH is 1. The summed E-state index contributed by atoms with van der Waals surface area (Å²) < 4.78 is 25.7. The molecule has 0 aliphatic heterocycles. The maximum absolute atomic E-state index is 12.1. The average Bonchev–Trinajstić information content (AvgIpc) is 2.46. The lowest BCUT2D eigenvalue weighted by Gasteiger charge is -2.05. The van der Waals surface area contributed by atoms with Crippen LogP contribution in [0.4, 0.5) is 8.78 Å². The summed E-state index contributed by atoms with van der Waals surface area (Å²) in [5, 5.41) is 9.10. The van der Waals surface area contributed by atoms with Gasteiger partial charge in [0.15, 0.2) is 0 Å². The van der Waals surface area contributed by atoms with Gasteiger partial charge >= 0.3 is 0 Å². The molecule has 1 aromatic rings. The van der Waals surface area contributed by atoms with Crippen LogP contribution in [0.3, 0.4) is 0 Å². The van der Waals surface area contributed by atoms with Crippen molar-refractivity contribution in [2.75, 3.05) is 0 Å². The molecule has 1 rings (SSSR count). The second-order valence-electron chi connectivity index (χ2n) is 3.06. The predicted molar refractivity (Wildman–Crippen MR) is 51.5 cm³/mol. The number of alkyl halides is 2. The molecule has 1 heterocycles. The van der Waals surface area contributed by atoms with Crippen LogP contribution in [0, 0.1) is 0 Å². The largest absolute Gasteiger partial charge is 0.508 e. The van der Waals surface area contributed by atoms with Crippen molar-refractivity contribution in [1.29, 1.82) is 0 Å². The first-order chi connectivity index (χ1) is 6.54. The summed E-state index contributed by atoms with van der Waals surface area (Å²) in [6.07, 6.45) is -0.236. The van der Waals surface area contributed by atoms with Gasteiger partial charge in [0.05, 0.1) is 6.54 Å². The standard InChI is InChI=1S/C10H13F2NO/c1-3-9-4-8(7(2)14)5-13(9)6-10(11)12/h4-5,10,14H,2-3,6H2,1H3. The van der Waals surface area contributed by atoms with Gasteiger partial charge < -0.3 is 9.67 Å². The normalized spacial score (nSPS) is 10.9. The smallest absolute Gasteiger partial charge is 0.256 e. The number of hydrogen-bond donors (Lipinski definition) is 1. The van der Waals surface area contributed by atoms with Gasteiger partial charge in [0, 0.05) is 17.5 Å². The Labute approximate surface area is 81.5 Å². The van der Waals surface area contributed by atoms with Crippen LogP contribution in [0.25, 0.3) is 5.76 Å². The number of aromatic nitrogens is 1. The maximum atomic E-state index is 12.1. The predicted octanol–water partition coefficient (Wildman–Crippen LogP) is 2.84. The minimum Gasteiger partial charge on any atom is -0.508 e. The summed E-state index contributed by atoms with van der Waals surface area (Å²) in [5.74, 6) is -0.0901. The number of aliphatic hydroxyl groups is 1. The quantitative estimate of drug-likeness (QED) is 0.744. The van der Waals surface area contributed by atoms with Crippen LogP contribution in [0.15, 0.2) is 18.8 Å². The van der Waals surface area contributed by atoms with E-state index in [4.69, 9.17) is 5.11 Å². The molecular weight excluding hydrogens is 188 g/mol. The molecule has 0 saturated carbocycles. The lowest BCUT2D eigenvalue weighted by Crippen LogP contribution is -2.07. The summed E-state index contributed by atoms with van der Waals surface area (Å²) >= 11 is 0. The molecule has 0 aliphatic rings. The van der Waals surface area contributed by atoms with Crippen LogP contribution < -0.4 is 0 Å². The highest BCUT2D eigenvalue weighted by molar-refractivity contribution is 5.56. The fourth-order valence-electron chi connectivity index (χ4n) is 1.33. The molecule has 0 fully saturated rings. The van der Waals surface area contributed by atoms with Crippen molar-refractivity contribution in [1.82, 2.24) is 4.57 Å². The first-order valence-corrected chi connectivity index (χ1v) is 4.40. The third kappa shape index (κ3) is 2.34. The van der Waals surface area contributed by atoms with E-state index in [2.05, 4.69) is 6.58 Å². The van der Waals surface area contributed by atoms with Gasteiger partial charge in [-0.2, -0.15) is 0 Å². The summed E-state index contributed by atoms with van der Waals surface area (Å²) in [6, 6.07) is 1.67. The SMILES string of the molecule is C=C(O)c1cc(CC)n(CC(F)F)c1. The Hall–Kier alpha value is -1.32. The Bertz CT molecular complexity index is 331. The fourth-order valence-corrected chi connectivity index (χ4v) is 1.33. The summed E-state index contributed by atoms with van der Waals surface area (Å²) in [6.45, 7) is 4.89. The zero-order valence-electron chi connectivity index (χ0n) is 8.00. The third-order valence-electron chi connectivity index (χ3n) is 2.02. The molecule has 0 bridgehead atoms. The van der Waals surface area contributed by atoms with Gasteiger partial charge in [0.1, 0.15) is 5.76 Å². The summed E-state index contributed by atoms with van der Waals surface area (Å²) in [4.78, 5) is 0. The Morgan fingerprint density at radius 1 is 1.64 bits per heavy atom. The number of hydrogen-bond acceptors (Lipinski definition) is 1. The van der Waals surface area contributed by atoms with Crippen LogP contribution in [0.2, 0.25) is 0 Å². The number of rotatable bonds is 4. The van der Waals surface area contributed by atoms with Gasteiger partial charge in [-0.05, 0) is 12.5 Å².